The predicted molar refractivity (Wildman–Crippen MR) is 44.9 cm³/mol. The van der Waals surface area contributed by atoms with E-state index >= 15 is 0 Å². The molecule has 0 saturated heterocycles. The van der Waals surface area contributed by atoms with Crippen molar-refractivity contribution in [2.75, 3.05) is 6.54 Å². The fourth-order valence-electron chi connectivity index (χ4n) is 0.940. The van der Waals surface area contributed by atoms with Gasteiger partial charge in [-0.2, -0.15) is 5.06 Å². The van der Waals surface area contributed by atoms with E-state index in [4.69, 9.17) is 15.1 Å². The molecular weight excluding hydrogens is 190 g/mol. The van der Waals surface area contributed by atoms with E-state index in [9.17, 15) is 9.59 Å². The highest BCUT2D eigenvalue weighted by Crippen LogP contribution is 2.12. The Labute approximate surface area is 80.3 Å². The molecule has 0 aromatic rings. The number of aliphatic hydroxyl groups is 1. The average Bonchev–Trinajstić information content (AvgIpc) is 2.09. The summed E-state index contributed by atoms with van der Waals surface area (Å²) in [6.07, 6.45) is 0.877. The summed E-state index contributed by atoms with van der Waals surface area (Å²) < 4.78 is 0. The van der Waals surface area contributed by atoms with Gasteiger partial charge in [0.05, 0.1) is 18.9 Å². The van der Waals surface area contributed by atoms with E-state index in [1.165, 1.54) is 6.92 Å². The first kappa shape index (κ1) is 10.4. The van der Waals surface area contributed by atoms with Crippen LogP contribution in [0.4, 0.5) is 0 Å². The van der Waals surface area contributed by atoms with E-state index in [0.29, 0.717) is 0 Å². The second-order valence-corrected chi connectivity index (χ2v) is 3.09. The summed E-state index contributed by atoms with van der Waals surface area (Å²) in [6.45, 7) is 1.44. The third-order valence-corrected chi connectivity index (χ3v) is 1.79. The minimum Gasteiger partial charge on any atom is -0.508 e. The van der Waals surface area contributed by atoms with Crippen LogP contribution in [-0.4, -0.2) is 33.7 Å². The van der Waals surface area contributed by atoms with Gasteiger partial charge in [0, 0.05) is 0 Å². The first-order chi connectivity index (χ1) is 6.50. The molecular formula is C8H11NO5. The number of carboxylic acid groups (broad SMARTS) is 1. The summed E-state index contributed by atoms with van der Waals surface area (Å²) in [5.74, 6) is -2.31. The summed E-state index contributed by atoms with van der Waals surface area (Å²) in [5.41, 5.74) is 0. The highest BCUT2D eigenvalue weighted by Gasteiger charge is 2.25. The number of hydrogen-bond acceptors (Lipinski definition) is 4. The molecule has 0 radical (unpaired) electrons. The molecule has 1 heterocycles. The Morgan fingerprint density at radius 3 is 2.93 bits per heavy atom. The molecule has 1 aliphatic rings. The molecule has 6 nitrogen and oxygen atoms in total. The Kier molecular flexibility index (Phi) is 2.95. The van der Waals surface area contributed by atoms with E-state index < -0.39 is 17.8 Å². The lowest BCUT2D eigenvalue weighted by Gasteiger charge is -2.25. The highest BCUT2D eigenvalue weighted by atomic mass is 16.7. The van der Waals surface area contributed by atoms with Crippen molar-refractivity contribution in [1.29, 1.82) is 0 Å². The van der Waals surface area contributed by atoms with Crippen molar-refractivity contribution in [2.45, 2.75) is 13.3 Å². The average molecular weight is 201 g/mol. The fourth-order valence-corrected chi connectivity index (χ4v) is 0.940. The summed E-state index contributed by atoms with van der Waals surface area (Å²) >= 11 is 0. The van der Waals surface area contributed by atoms with Crippen LogP contribution in [0.15, 0.2) is 12.0 Å². The number of carboxylic acids is 1. The largest absolute Gasteiger partial charge is 0.508 e. The predicted octanol–water partition coefficient (Wildman–Crippen LogP) is 0.270. The lowest BCUT2D eigenvalue weighted by atomic mass is 10.2. The summed E-state index contributed by atoms with van der Waals surface area (Å²) in [5, 5.41) is 18.4. The van der Waals surface area contributed by atoms with Gasteiger partial charge in [0.1, 0.15) is 5.76 Å². The fraction of sp³-hybridized carbons (Fsp3) is 0.500. The molecule has 14 heavy (non-hydrogen) atoms. The summed E-state index contributed by atoms with van der Waals surface area (Å²) in [6, 6.07) is 0. The summed E-state index contributed by atoms with van der Waals surface area (Å²) in [4.78, 5) is 26.4. The maximum absolute atomic E-state index is 11.2. The van der Waals surface area contributed by atoms with E-state index in [2.05, 4.69) is 0 Å². The first-order valence-corrected chi connectivity index (χ1v) is 4.08. The molecule has 0 aliphatic carbocycles. The van der Waals surface area contributed by atoms with Crippen LogP contribution < -0.4 is 0 Å². The number of aliphatic hydroxyl groups excluding tert-OH is 1. The number of rotatable bonds is 3. The van der Waals surface area contributed by atoms with Gasteiger partial charge in [-0.3, -0.25) is 9.59 Å². The Hall–Kier alpha value is -1.72. The third-order valence-electron chi connectivity index (χ3n) is 1.79. The molecule has 1 amide bonds. The van der Waals surface area contributed by atoms with Crippen LogP contribution in [-0.2, 0) is 14.4 Å². The molecule has 1 rings (SSSR count). The maximum atomic E-state index is 11.2. The van der Waals surface area contributed by atoms with Gasteiger partial charge in [-0.1, -0.05) is 6.92 Å². The molecule has 0 fully saturated rings. The minimum absolute atomic E-state index is 0.0298. The lowest BCUT2D eigenvalue weighted by molar-refractivity contribution is -0.177. The zero-order valence-corrected chi connectivity index (χ0v) is 7.64. The molecule has 1 aliphatic heterocycles. The number of hydroxylamine groups is 2. The van der Waals surface area contributed by atoms with Gasteiger partial charge in [0.25, 0.3) is 5.91 Å². The Morgan fingerprint density at radius 1 is 1.79 bits per heavy atom. The molecule has 6 heteroatoms. The van der Waals surface area contributed by atoms with Crippen molar-refractivity contribution in [1.82, 2.24) is 5.06 Å². The smallest absolute Gasteiger partial charge is 0.308 e. The first-order valence-electron chi connectivity index (χ1n) is 4.08. The van der Waals surface area contributed by atoms with E-state index in [-0.39, 0.29) is 18.7 Å². The molecule has 1 atom stereocenters. The zero-order valence-electron chi connectivity index (χ0n) is 7.64. The third kappa shape index (κ3) is 2.38. The number of amides is 1. The van der Waals surface area contributed by atoms with Gasteiger partial charge in [-0.15, -0.1) is 0 Å². The van der Waals surface area contributed by atoms with Crippen LogP contribution >= 0.6 is 0 Å². The van der Waals surface area contributed by atoms with Crippen LogP contribution in [0, 0.1) is 5.92 Å². The SMILES string of the molecule is CC(CN1OC=C(O)CC1=O)C(=O)O. The Balaban J connectivity index is 2.54. The van der Waals surface area contributed by atoms with Crippen molar-refractivity contribution < 1.29 is 24.6 Å². The number of nitrogens with zero attached hydrogens (tertiary/aromatic N) is 1. The van der Waals surface area contributed by atoms with Gasteiger partial charge in [-0.25, -0.2) is 0 Å². The van der Waals surface area contributed by atoms with E-state index in [0.717, 1.165) is 11.3 Å². The van der Waals surface area contributed by atoms with Crippen LogP contribution in [0.1, 0.15) is 13.3 Å². The van der Waals surface area contributed by atoms with Crippen molar-refractivity contribution >= 4 is 11.9 Å². The second kappa shape index (κ2) is 3.99. The maximum Gasteiger partial charge on any atom is 0.308 e. The number of carbonyl (C=O) groups is 2. The Bertz CT molecular complexity index is 285. The van der Waals surface area contributed by atoms with Gasteiger partial charge in [0.2, 0.25) is 0 Å². The minimum atomic E-state index is -1.000. The van der Waals surface area contributed by atoms with E-state index in [1.54, 1.807) is 0 Å². The standard InChI is InChI=1S/C8H11NO5/c1-5(8(12)13)3-9-7(11)2-6(10)4-14-9/h4-5,10H,2-3H2,1H3,(H,12,13). The van der Waals surface area contributed by atoms with Crippen molar-refractivity contribution in [2.24, 2.45) is 5.92 Å². The molecule has 2 N–H and O–H groups in total. The molecule has 0 bridgehead atoms. The molecule has 0 spiro atoms. The topological polar surface area (TPSA) is 87.1 Å². The van der Waals surface area contributed by atoms with Crippen molar-refractivity contribution in [3.8, 4) is 0 Å². The van der Waals surface area contributed by atoms with Gasteiger partial charge < -0.3 is 15.1 Å². The number of carbonyl (C=O) groups excluding carboxylic acids is 1. The molecule has 1 unspecified atom stereocenters. The monoisotopic (exact) mass is 201 g/mol. The molecule has 78 valence electrons. The number of hydrogen-bond donors (Lipinski definition) is 2. The Morgan fingerprint density at radius 2 is 2.43 bits per heavy atom. The highest BCUT2D eigenvalue weighted by molar-refractivity contribution is 5.78. The van der Waals surface area contributed by atoms with Crippen molar-refractivity contribution in [3.63, 3.8) is 0 Å². The number of aliphatic carboxylic acids is 1. The zero-order chi connectivity index (χ0) is 10.7. The molecule has 0 saturated carbocycles. The second-order valence-electron chi connectivity index (χ2n) is 3.09. The van der Waals surface area contributed by atoms with Gasteiger partial charge >= 0.3 is 5.97 Å². The van der Waals surface area contributed by atoms with E-state index in [1.807, 2.05) is 0 Å². The van der Waals surface area contributed by atoms with Gasteiger partial charge in [0.15, 0.2) is 6.26 Å². The normalized spacial score (nSPS) is 18.5. The van der Waals surface area contributed by atoms with Crippen LogP contribution in [0.2, 0.25) is 0 Å². The molecule has 0 aromatic carbocycles. The summed E-state index contributed by atoms with van der Waals surface area (Å²) in [7, 11) is 0. The van der Waals surface area contributed by atoms with Gasteiger partial charge in [-0.05, 0) is 0 Å². The quantitative estimate of drug-likeness (QED) is 0.684. The lowest BCUT2D eigenvalue weighted by Crippen LogP contribution is -2.37. The van der Waals surface area contributed by atoms with Crippen LogP contribution in [0.3, 0.4) is 0 Å². The van der Waals surface area contributed by atoms with Crippen molar-refractivity contribution in [3.05, 3.63) is 12.0 Å². The van der Waals surface area contributed by atoms with Crippen LogP contribution in [0.5, 0.6) is 0 Å². The molecule has 0 aromatic heterocycles. The van der Waals surface area contributed by atoms with Crippen LogP contribution in [0.25, 0.3) is 0 Å².